The summed E-state index contributed by atoms with van der Waals surface area (Å²) >= 11 is 0. The molecule has 1 aliphatic carbocycles. The monoisotopic (exact) mass is 328 g/mol. The van der Waals surface area contributed by atoms with Gasteiger partial charge in [-0.1, -0.05) is 31.0 Å². The Labute approximate surface area is 142 Å². The molecule has 2 fully saturated rings. The molecular formula is C19H24N2O3. The number of amides is 2. The normalized spacial score (nSPS) is 27.0. The predicted molar refractivity (Wildman–Crippen MR) is 89.5 cm³/mol. The van der Waals surface area contributed by atoms with Gasteiger partial charge in [0.25, 0.3) is 0 Å². The van der Waals surface area contributed by atoms with Crippen LogP contribution < -0.4 is 10.1 Å². The first-order chi connectivity index (χ1) is 11.7. The fourth-order valence-corrected chi connectivity index (χ4v) is 4.26. The molecule has 5 nitrogen and oxygen atoms in total. The number of nitrogens with zero attached hydrogens (tertiary/aromatic N) is 1. The van der Waals surface area contributed by atoms with E-state index in [0.29, 0.717) is 25.6 Å². The van der Waals surface area contributed by atoms with E-state index in [0.717, 1.165) is 30.6 Å². The maximum absolute atomic E-state index is 12.7. The Balaban J connectivity index is 1.41. The van der Waals surface area contributed by atoms with Gasteiger partial charge in [0, 0.05) is 31.0 Å². The molecular weight excluding hydrogens is 304 g/mol. The average Bonchev–Trinajstić information content (AvgIpc) is 3.24. The predicted octanol–water partition coefficient (Wildman–Crippen LogP) is 2.42. The SMILES string of the molecule is O=C(N[C@H]1CCOc2ccccc21)[C@H]1CC(=O)N(C2CCCC2)C1. The van der Waals surface area contributed by atoms with Crippen LogP contribution in [0.4, 0.5) is 0 Å². The molecule has 2 amide bonds. The number of benzene rings is 1. The van der Waals surface area contributed by atoms with E-state index in [9.17, 15) is 9.59 Å². The molecule has 0 radical (unpaired) electrons. The van der Waals surface area contributed by atoms with Crippen LogP contribution >= 0.6 is 0 Å². The Morgan fingerprint density at radius 3 is 2.79 bits per heavy atom. The van der Waals surface area contributed by atoms with Crippen LogP contribution in [-0.4, -0.2) is 35.9 Å². The number of para-hydroxylation sites is 1. The first kappa shape index (κ1) is 15.5. The van der Waals surface area contributed by atoms with E-state index in [1.165, 1.54) is 12.8 Å². The highest BCUT2D eigenvalue weighted by molar-refractivity contribution is 5.89. The Hall–Kier alpha value is -2.04. The Morgan fingerprint density at radius 2 is 1.96 bits per heavy atom. The van der Waals surface area contributed by atoms with Crippen LogP contribution in [0, 0.1) is 5.92 Å². The van der Waals surface area contributed by atoms with Gasteiger partial charge >= 0.3 is 0 Å². The summed E-state index contributed by atoms with van der Waals surface area (Å²) < 4.78 is 5.65. The Morgan fingerprint density at radius 1 is 1.17 bits per heavy atom. The first-order valence-electron chi connectivity index (χ1n) is 9.04. The zero-order chi connectivity index (χ0) is 16.5. The molecule has 1 aromatic rings. The minimum Gasteiger partial charge on any atom is -0.493 e. The van der Waals surface area contributed by atoms with Gasteiger partial charge in [-0.25, -0.2) is 0 Å². The van der Waals surface area contributed by atoms with Gasteiger partial charge in [-0.15, -0.1) is 0 Å². The lowest BCUT2D eigenvalue weighted by Crippen LogP contribution is -2.39. The molecule has 1 aromatic carbocycles. The summed E-state index contributed by atoms with van der Waals surface area (Å²) in [5, 5.41) is 3.15. The number of ether oxygens (including phenoxy) is 1. The molecule has 4 rings (SSSR count). The molecule has 2 aliphatic heterocycles. The van der Waals surface area contributed by atoms with Crippen LogP contribution in [0.2, 0.25) is 0 Å². The molecule has 3 aliphatic rings. The number of hydrogen-bond donors (Lipinski definition) is 1. The summed E-state index contributed by atoms with van der Waals surface area (Å²) in [6.07, 6.45) is 5.71. The third-order valence-electron chi connectivity index (χ3n) is 5.57. The van der Waals surface area contributed by atoms with E-state index in [1.807, 2.05) is 29.2 Å². The second kappa shape index (κ2) is 6.46. The van der Waals surface area contributed by atoms with Gasteiger partial charge in [-0.05, 0) is 18.9 Å². The maximum Gasteiger partial charge on any atom is 0.225 e. The third kappa shape index (κ3) is 2.87. The number of nitrogens with one attached hydrogen (secondary N) is 1. The van der Waals surface area contributed by atoms with Crippen molar-refractivity contribution in [3.05, 3.63) is 29.8 Å². The van der Waals surface area contributed by atoms with Gasteiger partial charge in [-0.3, -0.25) is 9.59 Å². The number of likely N-dealkylation sites (tertiary alicyclic amines) is 1. The van der Waals surface area contributed by atoms with E-state index < -0.39 is 0 Å². The van der Waals surface area contributed by atoms with Gasteiger partial charge in [0.2, 0.25) is 11.8 Å². The fraction of sp³-hybridized carbons (Fsp3) is 0.579. The molecule has 1 saturated heterocycles. The smallest absolute Gasteiger partial charge is 0.225 e. The quantitative estimate of drug-likeness (QED) is 0.927. The highest BCUT2D eigenvalue weighted by atomic mass is 16.5. The number of carbonyl (C=O) groups excluding carboxylic acids is 2. The van der Waals surface area contributed by atoms with Gasteiger partial charge in [0.05, 0.1) is 18.6 Å². The minimum absolute atomic E-state index is 0.00514. The van der Waals surface area contributed by atoms with Crippen molar-refractivity contribution in [1.82, 2.24) is 10.2 Å². The highest BCUT2D eigenvalue weighted by Crippen LogP contribution is 2.33. The summed E-state index contributed by atoms with van der Waals surface area (Å²) in [6, 6.07) is 8.20. The minimum atomic E-state index is -0.215. The van der Waals surface area contributed by atoms with E-state index in [4.69, 9.17) is 4.74 Å². The number of carbonyl (C=O) groups is 2. The molecule has 128 valence electrons. The molecule has 2 atom stereocenters. The molecule has 2 heterocycles. The van der Waals surface area contributed by atoms with Crippen molar-refractivity contribution >= 4 is 11.8 Å². The van der Waals surface area contributed by atoms with E-state index in [-0.39, 0.29) is 23.8 Å². The molecule has 0 aromatic heterocycles. The van der Waals surface area contributed by atoms with Gasteiger partial charge in [0.15, 0.2) is 0 Å². The number of fused-ring (bicyclic) bond motifs is 1. The highest BCUT2D eigenvalue weighted by Gasteiger charge is 2.39. The first-order valence-corrected chi connectivity index (χ1v) is 9.04. The molecule has 5 heteroatoms. The van der Waals surface area contributed by atoms with Gasteiger partial charge in [-0.2, -0.15) is 0 Å². The van der Waals surface area contributed by atoms with Crippen LogP contribution in [0.1, 0.15) is 50.1 Å². The largest absolute Gasteiger partial charge is 0.493 e. The summed E-state index contributed by atoms with van der Waals surface area (Å²) in [5.41, 5.74) is 1.04. The van der Waals surface area contributed by atoms with E-state index in [2.05, 4.69) is 5.32 Å². The zero-order valence-corrected chi connectivity index (χ0v) is 13.9. The van der Waals surface area contributed by atoms with Crippen LogP contribution in [0.25, 0.3) is 0 Å². The Bertz CT molecular complexity index is 639. The van der Waals surface area contributed by atoms with Crippen molar-refractivity contribution in [2.45, 2.75) is 50.6 Å². The topological polar surface area (TPSA) is 58.6 Å². The van der Waals surface area contributed by atoms with Crippen molar-refractivity contribution in [3.8, 4) is 5.75 Å². The molecule has 24 heavy (non-hydrogen) atoms. The summed E-state index contributed by atoms with van der Waals surface area (Å²) in [6.45, 7) is 1.19. The van der Waals surface area contributed by atoms with Crippen LogP contribution in [0.5, 0.6) is 5.75 Å². The second-order valence-corrected chi connectivity index (χ2v) is 7.12. The summed E-state index contributed by atoms with van der Waals surface area (Å²) in [5.74, 6) is 0.789. The number of rotatable bonds is 3. The van der Waals surface area contributed by atoms with E-state index >= 15 is 0 Å². The van der Waals surface area contributed by atoms with Gasteiger partial charge in [0.1, 0.15) is 5.75 Å². The average molecular weight is 328 g/mol. The zero-order valence-electron chi connectivity index (χ0n) is 13.9. The second-order valence-electron chi connectivity index (χ2n) is 7.12. The fourth-order valence-electron chi connectivity index (χ4n) is 4.26. The lowest BCUT2D eigenvalue weighted by atomic mass is 9.99. The summed E-state index contributed by atoms with van der Waals surface area (Å²) in [7, 11) is 0. The van der Waals surface area contributed by atoms with Crippen molar-refractivity contribution in [3.63, 3.8) is 0 Å². The lowest BCUT2D eigenvalue weighted by Gasteiger charge is -2.28. The van der Waals surface area contributed by atoms with Gasteiger partial charge < -0.3 is 15.0 Å². The van der Waals surface area contributed by atoms with E-state index in [1.54, 1.807) is 0 Å². The maximum atomic E-state index is 12.7. The molecule has 0 bridgehead atoms. The molecule has 1 saturated carbocycles. The van der Waals surface area contributed by atoms with Crippen LogP contribution in [0.15, 0.2) is 24.3 Å². The number of hydrogen-bond acceptors (Lipinski definition) is 3. The van der Waals surface area contributed by atoms with Crippen molar-refractivity contribution in [2.75, 3.05) is 13.2 Å². The van der Waals surface area contributed by atoms with Crippen molar-refractivity contribution < 1.29 is 14.3 Å². The third-order valence-corrected chi connectivity index (χ3v) is 5.57. The van der Waals surface area contributed by atoms with Crippen molar-refractivity contribution in [1.29, 1.82) is 0 Å². The van der Waals surface area contributed by atoms with Crippen molar-refractivity contribution in [2.24, 2.45) is 5.92 Å². The molecule has 0 unspecified atom stereocenters. The molecule has 0 spiro atoms. The standard InChI is InChI=1S/C19H24N2O3/c22-18-11-13(12-21(18)14-5-1-2-6-14)19(23)20-16-9-10-24-17-8-4-3-7-15(16)17/h3-4,7-8,13-14,16H,1-2,5-6,9-12H2,(H,20,23)/t13-,16-/m0/s1. The molecule has 1 N–H and O–H groups in total. The summed E-state index contributed by atoms with van der Waals surface area (Å²) in [4.78, 5) is 26.9. The van der Waals surface area contributed by atoms with Crippen LogP contribution in [0.3, 0.4) is 0 Å². The lowest BCUT2D eigenvalue weighted by molar-refractivity contribution is -0.130. The Kier molecular flexibility index (Phi) is 4.17. The van der Waals surface area contributed by atoms with Crippen LogP contribution in [-0.2, 0) is 9.59 Å².